The molecule has 32 heavy (non-hydrogen) atoms. The fraction of sp³-hybridized carbons (Fsp3) is 0.320. The number of nitrogens with zero attached hydrogens (tertiary/aromatic N) is 3. The van der Waals surface area contributed by atoms with Crippen LogP contribution in [0.15, 0.2) is 53.6 Å². The van der Waals surface area contributed by atoms with Crippen molar-refractivity contribution in [1.82, 2.24) is 19.6 Å². The summed E-state index contributed by atoms with van der Waals surface area (Å²) in [5, 5.41) is 8.61. The molecule has 1 N–H and O–H groups in total. The number of rotatable bonds is 5. The molecule has 1 aliphatic carbocycles. The summed E-state index contributed by atoms with van der Waals surface area (Å²) in [6, 6.07) is 11.0. The maximum Gasteiger partial charge on any atom is 0.272 e. The number of H-pyrrole nitrogens is 1. The van der Waals surface area contributed by atoms with Crippen molar-refractivity contribution in [2.75, 3.05) is 0 Å². The molecule has 0 aliphatic heterocycles. The van der Waals surface area contributed by atoms with Crippen LogP contribution in [0.25, 0.3) is 16.4 Å². The highest BCUT2D eigenvalue weighted by Crippen LogP contribution is 2.38. The monoisotopic (exact) mass is 428 g/mol. The average molecular weight is 428 g/mol. The van der Waals surface area contributed by atoms with Crippen LogP contribution in [0, 0.1) is 5.92 Å². The zero-order valence-electron chi connectivity index (χ0n) is 17.9. The molecule has 0 bridgehead atoms. The van der Waals surface area contributed by atoms with Gasteiger partial charge in [0, 0.05) is 29.5 Å². The van der Waals surface area contributed by atoms with Crippen molar-refractivity contribution in [3.8, 4) is 0 Å². The molecular formula is C25H24N4O3. The van der Waals surface area contributed by atoms with Crippen molar-refractivity contribution >= 4 is 28.0 Å². The molecular weight excluding hydrogens is 404 g/mol. The van der Waals surface area contributed by atoms with Crippen LogP contribution in [0.4, 0.5) is 0 Å². The fourth-order valence-electron chi connectivity index (χ4n) is 4.86. The van der Waals surface area contributed by atoms with Crippen LogP contribution in [0.2, 0.25) is 0 Å². The van der Waals surface area contributed by atoms with E-state index >= 15 is 0 Å². The van der Waals surface area contributed by atoms with Crippen LogP contribution in [-0.2, 0) is 0 Å². The van der Waals surface area contributed by atoms with E-state index in [9.17, 15) is 14.4 Å². The van der Waals surface area contributed by atoms with Crippen LogP contribution in [0.3, 0.4) is 0 Å². The van der Waals surface area contributed by atoms with E-state index in [0.29, 0.717) is 34.6 Å². The van der Waals surface area contributed by atoms with E-state index in [1.807, 2.05) is 24.3 Å². The van der Waals surface area contributed by atoms with E-state index in [0.717, 1.165) is 36.8 Å². The van der Waals surface area contributed by atoms with Gasteiger partial charge in [0.05, 0.1) is 17.3 Å². The van der Waals surface area contributed by atoms with Gasteiger partial charge in [-0.25, -0.2) is 10.1 Å². The van der Waals surface area contributed by atoms with Gasteiger partial charge in [0.1, 0.15) is 11.3 Å². The normalized spacial score (nSPS) is 18.8. The summed E-state index contributed by atoms with van der Waals surface area (Å²) in [5.41, 5.74) is 2.55. The third kappa shape index (κ3) is 3.64. The quantitative estimate of drug-likeness (QED) is 0.478. The summed E-state index contributed by atoms with van der Waals surface area (Å²) in [4.78, 5) is 41.0. The van der Waals surface area contributed by atoms with Crippen molar-refractivity contribution in [3.05, 3.63) is 76.1 Å². The lowest BCUT2D eigenvalue weighted by Gasteiger charge is -2.28. The van der Waals surface area contributed by atoms with Gasteiger partial charge in [-0.1, -0.05) is 18.2 Å². The molecule has 3 heterocycles. The molecule has 162 valence electrons. The Morgan fingerprint density at radius 1 is 1.09 bits per heavy atom. The number of aromatic amines is 1. The Kier molecular flexibility index (Phi) is 5.17. The molecule has 5 rings (SSSR count). The maximum atomic E-state index is 13.0. The number of hydrogen-bond acceptors (Lipinski definition) is 5. The molecule has 1 aromatic carbocycles. The highest BCUT2D eigenvalue weighted by atomic mass is 16.1. The van der Waals surface area contributed by atoms with Crippen LogP contribution in [0.5, 0.6) is 0 Å². The van der Waals surface area contributed by atoms with Crippen molar-refractivity contribution in [2.45, 2.75) is 44.9 Å². The summed E-state index contributed by atoms with van der Waals surface area (Å²) in [7, 11) is 0. The number of fused-ring (bicyclic) bond motifs is 2. The predicted octanol–water partition coefficient (Wildman–Crippen LogP) is 4.32. The van der Waals surface area contributed by atoms with E-state index in [-0.39, 0.29) is 23.0 Å². The number of imidazole rings is 1. The summed E-state index contributed by atoms with van der Waals surface area (Å²) in [6.07, 6.45) is 7.59. The SMILES string of the molecule is CC(=O)c1ccn2c(C(=O)CC3CCC(c4n[nH]c(=O)c5ccccc45)CC3)cnc2c1. The average Bonchev–Trinajstić information content (AvgIpc) is 3.24. The first-order valence-electron chi connectivity index (χ1n) is 11.0. The Morgan fingerprint density at radius 2 is 1.84 bits per heavy atom. The molecule has 3 aromatic heterocycles. The highest BCUT2D eigenvalue weighted by Gasteiger charge is 2.27. The Bertz CT molecular complexity index is 1390. The van der Waals surface area contributed by atoms with Crippen LogP contribution < -0.4 is 5.56 Å². The van der Waals surface area contributed by atoms with Crippen LogP contribution >= 0.6 is 0 Å². The third-order valence-electron chi connectivity index (χ3n) is 6.64. The minimum atomic E-state index is -0.160. The molecule has 1 aliphatic rings. The van der Waals surface area contributed by atoms with Gasteiger partial charge in [-0.15, -0.1) is 0 Å². The Balaban J connectivity index is 1.28. The summed E-state index contributed by atoms with van der Waals surface area (Å²) in [5.74, 6) is 0.646. The number of pyridine rings is 1. The first kappa shape index (κ1) is 20.3. The molecule has 1 saturated carbocycles. The molecule has 7 heteroatoms. The smallest absolute Gasteiger partial charge is 0.272 e. The van der Waals surface area contributed by atoms with Crippen molar-refractivity contribution in [3.63, 3.8) is 0 Å². The number of aromatic nitrogens is 4. The van der Waals surface area contributed by atoms with E-state index in [1.165, 1.54) is 6.92 Å². The second kappa shape index (κ2) is 8.15. The minimum absolute atomic E-state index is 0.0232. The van der Waals surface area contributed by atoms with Gasteiger partial charge in [-0.3, -0.25) is 18.8 Å². The van der Waals surface area contributed by atoms with E-state index in [1.54, 1.807) is 28.9 Å². The van der Waals surface area contributed by atoms with E-state index in [4.69, 9.17) is 0 Å². The zero-order valence-corrected chi connectivity index (χ0v) is 17.9. The van der Waals surface area contributed by atoms with Gasteiger partial charge in [0.2, 0.25) is 0 Å². The van der Waals surface area contributed by atoms with Crippen molar-refractivity contribution in [1.29, 1.82) is 0 Å². The van der Waals surface area contributed by atoms with Gasteiger partial charge in [-0.2, -0.15) is 5.10 Å². The van der Waals surface area contributed by atoms with Crippen molar-refractivity contribution < 1.29 is 9.59 Å². The molecule has 4 aromatic rings. The number of Topliss-reactive ketones (excluding diaryl/α,β-unsaturated/α-hetero) is 2. The molecule has 7 nitrogen and oxygen atoms in total. The second-order valence-electron chi connectivity index (χ2n) is 8.67. The minimum Gasteiger partial charge on any atom is -0.297 e. The summed E-state index contributed by atoms with van der Waals surface area (Å²) >= 11 is 0. The highest BCUT2D eigenvalue weighted by molar-refractivity contribution is 5.97. The third-order valence-corrected chi connectivity index (χ3v) is 6.64. The van der Waals surface area contributed by atoms with Crippen LogP contribution in [-0.4, -0.2) is 31.1 Å². The standard InChI is InChI=1S/C25H24N4O3/c1-15(30)18-10-11-29-21(14-26-23(29)13-18)22(31)12-16-6-8-17(9-7-16)24-19-4-2-3-5-20(19)25(32)28-27-24/h2-5,10-11,13-14,16-17H,6-9,12H2,1H3,(H,28,32). The first-order chi connectivity index (χ1) is 15.5. The summed E-state index contributed by atoms with van der Waals surface area (Å²) in [6.45, 7) is 1.52. The Hall–Kier alpha value is -3.61. The van der Waals surface area contributed by atoms with E-state index in [2.05, 4.69) is 15.2 Å². The van der Waals surface area contributed by atoms with Gasteiger partial charge in [0.15, 0.2) is 11.6 Å². The lowest BCUT2D eigenvalue weighted by molar-refractivity contribution is 0.0941. The topological polar surface area (TPSA) is 97.2 Å². The van der Waals surface area contributed by atoms with Gasteiger partial charge in [0.25, 0.3) is 5.56 Å². The number of hydrogen-bond donors (Lipinski definition) is 1. The molecule has 1 fully saturated rings. The molecule has 0 amide bonds. The van der Waals surface area contributed by atoms with Crippen molar-refractivity contribution in [2.24, 2.45) is 5.92 Å². The van der Waals surface area contributed by atoms with Gasteiger partial charge < -0.3 is 0 Å². The zero-order chi connectivity index (χ0) is 22.2. The molecule has 0 saturated heterocycles. The molecule has 0 atom stereocenters. The summed E-state index contributed by atoms with van der Waals surface area (Å²) < 4.78 is 1.76. The lowest BCUT2D eigenvalue weighted by atomic mass is 9.77. The van der Waals surface area contributed by atoms with Crippen LogP contribution in [0.1, 0.15) is 71.5 Å². The predicted molar refractivity (Wildman–Crippen MR) is 121 cm³/mol. The fourth-order valence-corrected chi connectivity index (χ4v) is 4.86. The maximum absolute atomic E-state index is 13.0. The number of carbonyl (C=O) groups excluding carboxylic acids is 2. The van der Waals surface area contributed by atoms with E-state index < -0.39 is 0 Å². The number of benzene rings is 1. The molecule has 0 spiro atoms. The first-order valence-corrected chi connectivity index (χ1v) is 11.0. The lowest BCUT2D eigenvalue weighted by Crippen LogP contribution is -2.20. The number of carbonyl (C=O) groups is 2. The van der Waals surface area contributed by atoms with Gasteiger partial charge >= 0.3 is 0 Å². The molecule has 0 radical (unpaired) electrons. The Morgan fingerprint density at radius 3 is 2.59 bits per heavy atom. The second-order valence-corrected chi connectivity index (χ2v) is 8.67. The van der Waals surface area contributed by atoms with Gasteiger partial charge in [-0.05, 0) is 56.7 Å². The Labute approximate surface area is 184 Å². The number of nitrogens with one attached hydrogen (secondary N) is 1. The largest absolute Gasteiger partial charge is 0.297 e. The number of ketones is 2. The molecule has 0 unspecified atom stereocenters.